The van der Waals surface area contributed by atoms with Crippen LogP contribution in [0.5, 0.6) is 5.75 Å². The molecule has 20 heavy (non-hydrogen) atoms. The monoisotopic (exact) mass is 269 g/mol. The fourth-order valence-corrected chi connectivity index (χ4v) is 2.55. The Morgan fingerprint density at radius 1 is 1.20 bits per heavy atom. The van der Waals surface area contributed by atoms with Crippen molar-refractivity contribution >= 4 is 0 Å². The van der Waals surface area contributed by atoms with Crippen LogP contribution >= 0.6 is 0 Å². The summed E-state index contributed by atoms with van der Waals surface area (Å²) in [5, 5.41) is 3.35. The maximum Gasteiger partial charge on any atom is 0.159 e. The number of aryl methyl sites for hydroxylation is 1. The summed E-state index contributed by atoms with van der Waals surface area (Å²) in [4.78, 5) is 9.43. The molecule has 0 fully saturated rings. The van der Waals surface area contributed by atoms with Gasteiger partial charge in [-0.05, 0) is 25.5 Å². The van der Waals surface area contributed by atoms with Crippen LogP contribution in [-0.2, 0) is 19.5 Å². The van der Waals surface area contributed by atoms with Crippen LogP contribution in [0, 0.1) is 0 Å². The summed E-state index contributed by atoms with van der Waals surface area (Å²) < 4.78 is 5.55. The fourth-order valence-electron chi connectivity index (χ4n) is 2.55. The van der Waals surface area contributed by atoms with E-state index in [0.29, 0.717) is 6.61 Å². The normalized spacial score (nSPS) is 13.3. The summed E-state index contributed by atoms with van der Waals surface area (Å²) in [5.41, 5.74) is 4.57. The van der Waals surface area contributed by atoms with Crippen molar-refractivity contribution in [2.24, 2.45) is 0 Å². The van der Waals surface area contributed by atoms with Gasteiger partial charge in [-0.15, -0.1) is 0 Å². The van der Waals surface area contributed by atoms with E-state index in [4.69, 9.17) is 14.7 Å². The van der Waals surface area contributed by atoms with Crippen LogP contribution in [0.1, 0.15) is 30.8 Å². The molecule has 0 unspecified atom stereocenters. The van der Waals surface area contributed by atoms with Gasteiger partial charge in [-0.3, -0.25) is 0 Å². The summed E-state index contributed by atoms with van der Waals surface area (Å²) in [6, 6.07) is 7.99. The van der Waals surface area contributed by atoms with Crippen LogP contribution < -0.4 is 10.1 Å². The molecule has 3 rings (SSSR count). The second-order valence-electron chi connectivity index (χ2n) is 4.84. The molecule has 0 bridgehead atoms. The fraction of sp³-hybridized carbons (Fsp3) is 0.375. The van der Waals surface area contributed by atoms with Gasteiger partial charge in [0.25, 0.3) is 0 Å². The van der Waals surface area contributed by atoms with Crippen molar-refractivity contribution in [2.75, 3.05) is 6.61 Å². The number of hydrogen-bond acceptors (Lipinski definition) is 4. The number of nitrogens with zero attached hydrogens (tertiary/aromatic N) is 2. The smallest absolute Gasteiger partial charge is 0.159 e. The number of fused-ring (bicyclic) bond motifs is 1. The zero-order chi connectivity index (χ0) is 13.9. The number of hydrogen-bond donors (Lipinski definition) is 1. The molecule has 0 spiro atoms. The van der Waals surface area contributed by atoms with Crippen molar-refractivity contribution in [1.29, 1.82) is 0 Å². The number of aromatic nitrogens is 2. The molecule has 4 nitrogen and oxygen atoms in total. The second-order valence-corrected chi connectivity index (χ2v) is 4.84. The predicted octanol–water partition coefficient (Wildman–Crippen LogP) is 2.71. The molecule has 104 valence electrons. The van der Waals surface area contributed by atoms with Crippen LogP contribution in [0.3, 0.4) is 0 Å². The molecule has 0 aliphatic carbocycles. The van der Waals surface area contributed by atoms with Gasteiger partial charge in [0.05, 0.1) is 12.3 Å². The third-order valence-electron chi connectivity index (χ3n) is 3.51. The average Bonchev–Trinajstić information content (AvgIpc) is 2.95. The molecule has 2 aromatic rings. The molecule has 1 aliphatic heterocycles. The number of ether oxygens (including phenoxy) is 1. The van der Waals surface area contributed by atoms with Gasteiger partial charge in [-0.2, -0.15) is 0 Å². The van der Waals surface area contributed by atoms with Crippen LogP contribution in [0.25, 0.3) is 11.4 Å². The van der Waals surface area contributed by atoms with Crippen molar-refractivity contribution in [1.82, 2.24) is 15.3 Å². The summed E-state index contributed by atoms with van der Waals surface area (Å²) in [6.45, 7) is 6.51. The standard InChI is InChI=1S/C16H19N3O/c1-3-14-13-9-17-10-15(13)19-16(18-14)11-6-5-7-12(8-11)20-4-2/h5-8,17H,3-4,9-10H2,1-2H3. The van der Waals surface area contributed by atoms with Gasteiger partial charge >= 0.3 is 0 Å². The molecule has 0 atom stereocenters. The number of rotatable bonds is 4. The molecular weight excluding hydrogens is 250 g/mol. The maximum absolute atomic E-state index is 5.55. The Balaban J connectivity index is 2.04. The van der Waals surface area contributed by atoms with Gasteiger partial charge in [0.15, 0.2) is 5.82 Å². The highest BCUT2D eigenvalue weighted by Gasteiger charge is 2.18. The van der Waals surface area contributed by atoms with Crippen molar-refractivity contribution < 1.29 is 4.74 Å². The molecule has 0 amide bonds. The molecular formula is C16H19N3O. The van der Waals surface area contributed by atoms with E-state index in [0.717, 1.165) is 48.0 Å². The first kappa shape index (κ1) is 13.1. The molecule has 1 aliphatic rings. The molecule has 0 radical (unpaired) electrons. The van der Waals surface area contributed by atoms with Crippen LogP contribution in [-0.4, -0.2) is 16.6 Å². The van der Waals surface area contributed by atoms with Crippen molar-refractivity contribution in [3.05, 3.63) is 41.2 Å². The Morgan fingerprint density at radius 3 is 2.90 bits per heavy atom. The molecule has 1 N–H and O–H groups in total. The van der Waals surface area contributed by atoms with Crippen LogP contribution in [0.4, 0.5) is 0 Å². The first-order valence-corrected chi connectivity index (χ1v) is 7.14. The van der Waals surface area contributed by atoms with Gasteiger partial charge in [0, 0.05) is 29.9 Å². The summed E-state index contributed by atoms with van der Waals surface area (Å²) >= 11 is 0. The van der Waals surface area contributed by atoms with E-state index in [1.165, 1.54) is 5.56 Å². The second kappa shape index (κ2) is 5.59. The minimum absolute atomic E-state index is 0.665. The minimum Gasteiger partial charge on any atom is -0.494 e. The van der Waals surface area contributed by atoms with Crippen molar-refractivity contribution in [3.63, 3.8) is 0 Å². The van der Waals surface area contributed by atoms with Crippen LogP contribution in [0.15, 0.2) is 24.3 Å². The first-order valence-electron chi connectivity index (χ1n) is 7.14. The zero-order valence-electron chi connectivity index (χ0n) is 11.9. The summed E-state index contributed by atoms with van der Waals surface area (Å²) in [6.07, 6.45) is 0.935. The number of nitrogens with one attached hydrogen (secondary N) is 1. The molecule has 4 heteroatoms. The summed E-state index contributed by atoms with van der Waals surface area (Å²) in [5.74, 6) is 1.66. The third kappa shape index (κ3) is 2.39. The van der Waals surface area contributed by atoms with Gasteiger partial charge in [0.1, 0.15) is 5.75 Å². The lowest BCUT2D eigenvalue weighted by Crippen LogP contribution is -2.03. The molecule has 2 heterocycles. The van der Waals surface area contributed by atoms with E-state index < -0.39 is 0 Å². The minimum atomic E-state index is 0.665. The molecule has 0 saturated carbocycles. The van der Waals surface area contributed by atoms with E-state index in [1.807, 2.05) is 31.2 Å². The Kier molecular flexibility index (Phi) is 3.65. The third-order valence-corrected chi connectivity index (χ3v) is 3.51. The predicted molar refractivity (Wildman–Crippen MR) is 78.6 cm³/mol. The average molecular weight is 269 g/mol. The van der Waals surface area contributed by atoms with E-state index in [2.05, 4.69) is 12.2 Å². The zero-order valence-corrected chi connectivity index (χ0v) is 11.9. The van der Waals surface area contributed by atoms with E-state index in [1.54, 1.807) is 0 Å². The molecule has 1 aromatic heterocycles. The largest absolute Gasteiger partial charge is 0.494 e. The van der Waals surface area contributed by atoms with E-state index in [9.17, 15) is 0 Å². The maximum atomic E-state index is 5.55. The molecule has 0 saturated heterocycles. The first-order chi connectivity index (χ1) is 9.81. The van der Waals surface area contributed by atoms with E-state index >= 15 is 0 Å². The van der Waals surface area contributed by atoms with Crippen molar-refractivity contribution in [2.45, 2.75) is 33.4 Å². The van der Waals surface area contributed by atoms with Gasteiger partial charge in [-0.25, -0.2) is 9.97 Å². The summed E-state index contributed by atoms with van der Waals surface area (Å²) in [7, 11) is 0. The number of benzene rings is 1. The highest BCUT2D eigenvalue weighted by Crippen LogP contribution is 2.25. The topological polar surface area (TPSA) is 47.0 Å². The van der Waals surface area contributed by atoms with Gasteiger partial charge < -0.3 is 10.1 Å². The highest BCUT2D eigenvalue weighted by atomic mass is 16.5. The van der Waals surface area contributed by atoms with Gasteiger partial charge in [-0.1, -0.05) is 19.1 Å². The van der Waals surface area contributed by atoms with Crippen molar-refractivity contribution in [3.8, 4) is 17.1 Å². The Labute approximate surface area is 119 Å². The van der Waals surface area contributed by atoms with Crippen LogP contribution in [0.2, 0.25) is 0 Å². The Bertz CT molecular complexity index is 625. The Morgan fingerprint density at radius 2 is 2.10 bits per heavy atom. The van der Waals surface area contributed by atoms with E-state index in [-0.39, 0.29) is 0 Å². The lowest BCUT2D eigenvalue weighted by atomic mass is 10.1. The lowest BCUT2D eigenvalue weighted by molar-refractivity contribution is 0.340. The highest BCUT2D eigenvalue weighted by molar-refractivity contribution is 5.58. The lowest BCUT2D eigenvalue weighted by Gasteiger charge is -2.09. The molecule has 1 aromatic carbocycles. The SMILES string of the molecule is CCOc1cccc(-c2nc(CC)c3c(n2)CNC3)c1. The Hall–Kier alpha value is -1.94. The quantitative estimate of drug-likeness (QED) is 0.927. The van der Waals surface area contributed by atoms with Gasteiger partial charge in [0.2, 0.25) is 0 Å².